The first kappa shape index (κ1) is 26.5. The molecule has 1 fully saturated rings. The number of piperidine rings is 1. The molecule has 1 atom stereocenters. The van der Waals surface area contributed by atoms with Crippen LogP contribution in [0.2, 0.25) is 0 Å². The molecule has 0 radical (unpaired) electrons. The van der Waals surface area contributed by atoms with E-state index in [4.69, 9.17) is 10.5 Å². The second kappa shape index (κ2) is 13.1. The van der Waals surface area contributed by atoms with Crippen molar-refractivity contribution in [3.63, 3.8) is 0 Å². The summed E-state index contributed by atoms with van der Waals surface area (Å²) < 4.78 is 19.0. The maximum absolute atomic E-state index is 13.1. The monoisotopic (exact) mass is 469 g/mol. The van der Waals surface area contributed by atoms with E-state index < -0.39 is 0 Å². The van der Waals surface area contributed by atoms with Gasteiger partial charge in [-0.1, -0.05) is 39.8 Å². The van der Waals surface area contributed by atoms with Crippen molar-refractivity contribution in [3.8, 4) is 5.75 Å². The third-order valence-corrected chi connectivity index (χ3v) is 6.70. The van der Waals surface area contributed by atoms with Gasteiger partial charge in [-0.2, -0.15) is 0 Å². The summed E-state index contributed by atoms with van der Waals surface area (Å²) in [4.78, 5) is 5.16. The van der Waals surface area contributed by atoms with E-state index in [2.05, 4.69) is 61.8 Å². The van der Waals surface area contributed by atoms with Crippen molar-refractivity contribution < 1.29 is 9.13 Å². The molecule has 0 bridgehead atoms. The van der Waals surface area contributed by atoms with Gasteiger partial charge in [-0.05, 0) is 79.5 Å². The summed E-state index contributed by atoms with van der Waals surface area (Å²) in [5, 5.41) is 0. The Morgan fingerprint density at radius 2 is 1.62 bits per heavy atom. The molecule has 1 aliphatic rings. The zero-order valence-corrected chi connectivity index (χ0v) is 21.6. The normalized spacial score (nSPS) is 16.2. The minimum atomic E-state index is -0.223. The molecule has 0 spiro atoms. The molecule has 1 heterocycles. The molecule has 0 amide bonds. The van der Waals surface area contributed by atoms with Gasteiger partial charge in [0.15, 0.2) is 0 Å². The zero-order valence-electron chi connectivity index (χ0n) is 21.6. The highest BCUT2D eigenvalue weighted by Gasteiger charge is 2.26. The van der Waals surface area contributed by atoms with Crippen LogP contribution in [0.4, 0.5) is 10.1 Å². The molecular formula is C29H44FN3O. The number of hydrogen-bond acceptors (Lipinski definition) is 4. The molecule has 2 aromatic rings. The Balaban J connectivity index is 1.58. The van der Waals surface area contributed by atoms with E-state index in [0.717, 1.165) is 43.9 Å². The highest BCUT2D eigenvalue weighted by molar-refractivity contribution is 5.50. The SMILES string of the molecule is CC(C)CCN(c1ccc(OCc2ccc(F)cc2)cc1)C1CCN(C[C@H](N)CC(C)C)CC1. The maximum atomic E-state index is 13.1. The van der Waals surface area contributed by atoms with Crippen LogP contribution in [0.3, 0.4) is 0 Å². The van der Waals surface area contributed by atoms with Gasteiger partial charge in [-0.15, -0.1) is 0 Å². The van der Waals surface area contributed by atoms with Gasteiger partial charge in [0.2, 0.25) is 0 Å². The Labute approximate surface area is 206 Å². The molecule has 34 heavy (non-hydrogen) atoms. The second-order valence-corrected chi connectivity index (χ2v) is 10.7. The summed E-state index contributed by atoms with van der Waals surface area (Å²) >= 11 is 0. The molecule has 1 saturated heterocycles. The van der Waals surface area contributed by atoms with Crippen LogP contribution in [0.5, 0.6) is 5.75 Å². The van der Waals surface area contributed by atoms with E-state index in [9.17, 15) is 4.39 Å². The molecule has 4 nitrogen and oxygen atoms in total. The first-order valence-electron chi connectivity index (χ1n) is 13.0. The van der Waals surface area contributed by atoms with Crippen LogP contribution in [0.1, 0.15) is 58.9 Å². The Bertz CT molecular complexity index is 829. The van der Waals surface area contributed by atoms with E-state index in [1.54, 1.807) is 12.1 Å². The van der Waals surface area contributed by atoms with Crippen LogP contribution in [-0.4, -0.2) is 43.2 Å². The zero-order chi connectivity index (χ0) is 24.5. The van der Waals surface area contributed by atoms with Crippen molar-refractivity contribution in [2.24, 2.45) is 17.6 Å². The predicted molar refractivity (Wildman–Crippen MR) is 141 cm³/mol. The van der Waals surface area contributed by atoms with Crippen molar-refractivity contribution in [3.05, 3.63) is 59.9 Å². The number of halogens is 1. The molecule has 3 rings (SSSR count). The van der Waals surface area contributed by atoms with Gasteiger partial charge in [0.05, 0.1) is 0 Å². The Kier molecular flexibility index (Phi) is 10.2. The second-order valence-electron chi connectivity index (χ2n) is 10.7. The molecule has 0 unspecified atom stereocenters. The number of nitrogens with two attached hydrogens (primary N) is 1. The molecule has 1 aliphatic heterocycles. The summed E-state index contributed by atoms with van der Waals surface area (Å²) in [7, 11) is 0. The quantitative estimate of drug-likeness (QED) is 0.408. The van der Waals surface area contributed by atoms with Gasteiger partial charge in [0, 0.05) is 44.0 Å². The largest absolute Gasteiger partial charge is 0.489 e. The van der Waals surface area contributed by atoms with Gasteiger partial charge in [0.25, 0.3) is 0 Å². The third kappa shape index (κ3) is 8.59. The van der Waals surface area contributed by atoms with Gasteiger partial charge in [-0.3, -0.25) is 0 Å². The standard InChI is InChI=1S/C29H44FN3O/c1-22(2)13-18-33(28-14-16-32(17-15-28)20-26(31)19-23(3)4)27-9-11-29(12-10-27)34-21-24-5-7-25(30)8-6-24/h5-12,22-23,26,28H,13-21,31H2,1-4H3/t26-/m1/s1. The fraction of sp³-hybridized carbons (Fsp3) is 0.586. The molecule has 0 aliphatic carbocycles. The highest BCUT2D eigenvalue weighted by Crippen LogP contribution is 2.27. The number of hydrogen-bond donors (Lipinski definition) is 1. The lowest BCUT2D eigenvalue weighted by molar-refractivity contribution is 0.191. The van der Waals surface area contributed by atoms with E-state index >= 15 is 0 Å². The van der Waals surface area contributed by atoms with Crippen molar-refractivity contribution >= 4 is 5.69 Å². The minimum Gasteiger partial charge on any atom is -0.489 e. The molecular weight excluding hydrogens is 425 g/mol. The fourth-order valence-electron chi connectivity index (χ4n) is 4.83. The molecule has 0 aromatic heterocycles. The van der Waals surface area contributed by atoms with Crippen LogP contribution < -0.4 is 15.4 Å². The molecule has 188 valence electrons. The Morgan fingerprint density at radius 1 is 0.971 bits per heavy atom. The average molecular weight is 470 g/mol. The smallest absolute Gasteiger partial charge is 0.123 e. The summed E-state index contributed by atoms with van der Waals surface area (Å²) in [5.41, 5.74) is 8.60. The van der Waals surface area contributed by atoms with Crippen molar-refractivity contribution in [1.29, 1.82) is 0 Å². The van der Waals surface area contributed by atoms with E-state index in [0.29, 0.717) is 24.5 Å². The molecule has 5 heteroatoms. The van der Waals surface area contributed by atoms with Crippen molar-refractivity contribution in [2.75, 3.05) is 31.1 Å². The third-order valence-electron chi connectivity index (χ3n) is 6.70. The summed E-state index contributed by atoms with van der Waals surface area (Å²) in [5.74, 6) is 1.95. The van der Waals surface area contributed by atoms with Crippen LogP contribution in [0.25, 0.3) is 0 Å². The summed E-state index contributed by atoms with van der Waals surface area (Å²) in [6.07, 6.45) is 4.63. The van der Waals surface area contributed by atoms with Crippen molar-refractivity contribution in [1.82, 2.24) is 4.90 Å². The maximum Gasteiger partial charge on any atom is 0.123 e. The minimum absolute atomic E-state index is 0.223. The topological polar surface area (TPSA) is 41.7 Å². The number of benzene rings is 2. The first-order chi connectivity index (χ1) is 16.3. The number of likely N-dealkylation sites (tertiary alicyclic amines) is 1. The average Bonchev–Trinajstić information content (AvgIpc) is 2.80. The number of ether oxygens (including phenoxy) is 1. The van der Waals surface area contributed by atoms with Crippen LogP contribution in [0.15, 0.2) is 48.5 Å². The lowest BCUT2D eigenvalue weighted by Crippen LogP contribution is -2.48. The van der Waals surface area contributed by atoms with Crippen LogP contribution >= 0.6 is 0 Å². The van der Waals surface area contributed by atoms with E-state index in [1.807, 2.05) is 0 Å². The summed E-state index contributed by atoms with van der Waals surface area (Å²) in [6, 6.07) is 15.8. The lowest BCUT2D eigenvalue weighted by atomic mass is 9.99. The number of anilines is 1. The van der Waals surface area contributed by atoms with Crippen LogP contribution in [0, 0.1) is 17.7 Å². The molecule has 2 aromatic carbocycles. The van der Waals surface area contributed by atoms with Crippen LogP contribution in [-0.2, 0) is 6.61 Å². The molecule has 2 N–H and O–H groups in total. The molecule has 0 saturated carbocycles. The Hall–Kier alpha value is -2.11. The van der Waals surface area contributed by atoms with E-state index in [1.165, 1.54) is 37.1 Å². The fourth-order valence-corrected chi connectivity index (χ4v) is 4.83. The van der Waals surface area contributed by atoms with Gasteiger partial charge in [-0.25, -0.2) is 4.39 Å². The van der Waals surface area contributed by atoms with Crippen molar-refractivity contribution in [2.45, 2.75) is 72.1 Å². The van der Waals surface area contributed by atoms with Gasteiger partial charge >= 0.3 is 0 Å². The predicted octanol–water partition coefficient (Wildman–Crippen LogP) is 6.10. The number of rotatable bonds is 12. The van der Waals surface area contributed by atoms with E-state index in [-0.39, 0.29) is 11.9 Å². The van der Waals surface area contributed by atoms with Gasteiger partial charge < -0.3 is 20.3 Å². The lowest BCUT2D eigenvalue weighted by Gasteiger charge is -2.41. The number of nitrogens with zero attached hydrogens (tertiary/aromatic N) is 2. The van der Waals surface area contributed by atoms with Gasteiger partial charge in [0.1, 0.15) is 18.2 Å². The highest BCUT2D eigenvalue weighted by atomic mass is 19.1. The first-order valence-corrected chi connectivity index (χ1v) is 13.0. The summed E-state index contributed by atoms with van der Waals surface area (Å²) in [6.45, 7) is 13.8. The Morgan fingerprint density at radius 3 is 2.21 bits per heavy atom.